The van der Waals surface area contributed by atoms with Crippen LogP contribution in [0.15, 0.2) is 42.5 Å². The molecule has 0 heterocycles. The molecule has 0 saturated heterocycles. The molecule has 0 aliphatic heterocycles. The second-order valence-corrected chi connectivity index (χ2v) is 10.2. The van der Waals surface area contributed by atoms with Crippen LogP contribution in [-0.4, -0.2) is 24.0 Å². The average molecular weight is 527 g/mol. The number of benzene rings is 2. The Morgan fingerprint density at radius 2 is 1.83 bits per heavy atom. The Balaban J connectivity index is 1.32. The minimum absolute atomic E-state index is 0.0156. The first-order valence-corrected chi connectivity index (χ1v) is 12.1. The largest absolute Gasteiger partial charge is 0.484 e. The lowest BCUT2D eigenvalue weighted by molar-refractivity contribution is -0.146. The van der Waals surface area contributed by atoms with Crippen LogP contribution in [0.5, 0.6) is 5.75 Å². The van der Waals surface area contributed by atoms with Crippen molar-refractivity contribution >= 4 is 23.4 Å². The van der Waals surface area contributed by atoms with E-state index in [2.05, 4.69) is 10.6 Å². The molecule has 2 amide bonds. The van der Waals surface area contributed by atoms with E-state index in [-0.39, 0.29) is 41.7 Å². The third-order valence-electron chi connectivity index (χ3n) is 7.56. The van der Waals surface area contributed by atoms with Gasteiger partial charge in [0.1, 0.15) is 11.6 Å². The van der Waals surface area contributed by atoms with E-state index in [0.29, 0.717) is 37.7 Å². The summed E-state index contributed by atoms with van der Waals surface area (Å²) in [4.78, 5) is 25.8. The summed E-state index contributed by atoms with van der Waals surface area (Å²) in [5, 5.41) is 5.86. The van der Waals surface area contributed by atoms with Gasteiger partial charge in [-0.1, -0.05) is 30.7 Å². The van der Waals surface area contributed by atoms with Gasteiger partial charge in [0.25, 0.3) is 5.91 Å². The summed E-state index contributed by atoms with van der Waals surface area (Å²) in [5.74, 6) is -0.972. The molecule has 2 aromatic rings. The molecule has 5 nitrogen and oxygen atoms in total. The zero-order chi connectivity index (χ0) is 26.1. The molecule has 2 aromatic carbocycles. The molecule has 0 aromatic heterocycles. The van der Waals surface area contributed by atoms with Gasteiger partial charge in [0.2, 0.25) is 5.91 Å². The number of nitrogens with one attached hydrogen (secondary N) is 2. The number of amides is 2. The fraction of sp³-hybridized carbons (Fsp3) is 0.462. The SMILES string of the molecule is CC1CC2(NC(=O)COc3ccc(Cl)c(F)c3)CCC1(C(=O)NCc1cccc(C(F)(F)F)c1)CC2. The Labute approximate surface area is 211 Å². The third kappa shape index (κ3) is 5.45. The highest BCUT2D eigenvalue weighted by molar-refractivity contribution is 6.30. The van der Waals surface area contributed by atoms with Crippen molar-refractivity contribution in [2.24, 2.45) is 11.3 Å². The summed E-state index contributed by atoms with van der Waals surface area (Å²) >= 11 is 5.66. The van der Waals surface area contributed by atoms with Crippen LogP contribution in [0.2, 0.25) is 5.02 Å². The maximum Gasteiger partial charge on any atom is 0.416 e. The second kappa shape index (κ2) is 9.92. The van der Waals surface area contributed by atoms with E-state index in [0.717, 1.165) is 18.2 Å². The van der Waals surface area contributed by atoms with Gasteiger partial charge < -0.3 is 15.4 Å². The van der Waals surface area contributed by atoms with Crippen LogP contribution >= 0.6 is 11.6 Å². The van der Waals surface area contributed by atoms with Crippen LogP contribution in [0.25, 0.3) is 0 Å². The Hall–Kier alpha value is -2.81. The maximum atomic E-state index is 13.6. The van der Waals surface area contributed by atoms with Gasteiger partial charge in [-0.2, -0.15) is 13.2 Å². The summed E-state index contributed by atoms with van der Waals surface area (Å²) in [6.07, 6.45) is -1.50. The number of rotatable bonds is 7. The van der Waals surface area contributed by atoms with E-state index in [1.807, 2.05) is 6.92 Å². The summed E-state index contributed by atoms with van der Waals surface area (Å²) in [5.41, 5.74) is -1.43. The van der Waals surface area contributed by atoms with Crippen molar-refractivity contribution in [1.29, 1.82) is 0 Å². The van der Waals surface area contributed by atoms with Crippen LogP contribution in [0.4, 0.5) is 17.6 Å². The van der Waals surface area contributed by atoms with Gasteiger partial charge in [-0.05, 0) is 67.9 Å². The zero-order valence-corrected chi connectivity index (χ0v) is 20.4. The minimum atomic E-state index is -4.44. The number of ether oxygens (including phenoxy) is 1. The van der Waals surface area contributed by atoms with E-state index in [1.54, 1.807) is 6.07 Å². The predicted molar refractivity (Wildman–Crippen MR) is 126 cm³/mol. The molecule has 2 N–H and O–H groups in total. The molecule has 0 radical (unpaired) electrons. The molecule has 3 aliphatic rings. The van der Waals surface area contributed by atoms with Crippen molar-refractivity contribution in [2.75, 3.05) is 6.61 Å². The molecule has 5 rings (SSSR count). The number of hydrogen-bond donors (Lipinski definition) is 2. The van der Waals surface area contributed by atoms with Crippen molar-refractivity contribution < 1.29 is 31.9 Å². The van der Waals surface area contributed by atoms with E-state index in [4.69, 9.17) is 16.3 Å². The molecule has 0 spiro atoms. The number of carbonyl (C=O) groups excluding carboxylic acids is 2. The smallest absolute Gasteiger partial charge is 0.416 e. The minimum Gasteiger partial charge on any atom is -0.484 e. The first-order chi connectivity index (χ1) is 16.9. The summed E-state index contributed by atoms with van der Waals surface area (Å²) < 4.78 is 57.9. The number of halogens is 5. The predicted octanol–water partition coefficient (Wildman–Crippen LogP) is 5.65. The molecule has 194 valence electrons. The lowest BCUT2D eigenvalue weighted by atomic mass is 9.52. The van der Waals surface area contributed by atoms with Gasteiger partial charge in [-0.15, -0.1) is 0 Å². The molecule has 2 bridgehead atoms. The summed E-state index contributed by atoms with van der Waals surface area (Å²) in [7, 11) is 0. The van der Waals surface area contributed by atoms with Gasteiger partial charge in [0.15, 0.2) is 6.61 Å². The lowest BCUT2D eigenvalue weighted by Gasteiger charge is -2.56. The van der Waals surface area contributed by atoms with Crippen LogP contribution in [-0.2, 0) is 22.3 Å². The van der Waals surface area contributed by atoms with Crippen LogP contribution in [0.1, 0.15) is 50.2 Å². The normalized spacial score (nSPS) is 25.3. The lowest BCUT2D eigenvalue weighted by Crippen LogP contribution is -2.63. The average Bonchev–Trinajstić information content (AvgIpc) is 2.83. The van der Waals surface area contributed by atoms with Gasteiger partial charge >= 0.3 is 6.18 Å². The Morgan fingerprint density at radius 1 is 1.11 bits per heavy atom. The van der Waals surface area contributed by atoms with Gasteiger partial charge in [-0.3, -0.25) is 9.59 Å². The first kappa shape index (κ1) is 26.3. The first-order valence-electron chi connectivity index (χ1n) is 11.8. The van der Waals surface area contributed by atoms with Gasteiger partial charge in [0, 0.05) is 18.2 Å². The Kier molecular flexibility index (Phi) is 7.23. The van der Waals surface area contributed by atoms with Crippen molar-refractivity contribution in [3.63, 3.8) is 0 Å². The highest BCUT2D eigenvalue weighted by Crippen LogP contribution is 2.55. The van der Waals surface area contributed by atoms with Crippen LogP contribution in [0.3, 0.4) is 0 Å². The third-order valence-corrected chi connectivity index (χ3v) is 7.87. The monoisotopic (exact) mass is 526 g/mol. The topological polar surface area (TPSA) is 67.4 Å². The highest BCUT2D eigenvalue weighted by Gasteiger charge is 2.56. The molecule has 3 fully saturated rings. The molecular weight excluding hydrogens is 500 g/mol. The fourth-order valence-electron chi connectivity index (χ4n) is 5.54. The van der Waals surface area contributed by atoms with Crippen molar-refractivity contribution in [3.05, 3.63) is 64.4 Å². The van der Waals surface area contributed by atoms with Gasteiger partial charge in [0.05, 0.1) is 16.0 Å². The van der Waals surface area contributed by atoms with Gasteiger partial charge in [-0.25, -0.2) is 4.39 Å². The van der Waals surface area contributed by atoms with Crippen molar-refractivity contribution in [2.45, 2.75) is 57.3 Å². The number of fused-ring (bicyclic) bond motifs is 3. The zero-order valence-electron chi connectivity index (χ0n) is 19.7. The molecule has 36 heavy (non-hydrogen) atoms. The fourth-order valence-corrected chi connectivity index (χ4v) is 5.66. The number of hydrogen-bond acceptors (Lipinski definition) is 3. The second-order valence-electron chi connectivity index (χ2n) is 9.84. The van der Waals surface area contributed by atoms with Crippen LogP contribution < -0.4 is 15.4 Å². The molecular formula is C26H27ClF4N2O3. The molecule has 1 atom stereocenters. The van der Waals surface area contributed by atoms with Crippen molar-refractivity contribution in [1.82, 2.24) is 10.6 Å². The Bertz CT molecular complexity index is 1150. The van der Waals surface area contributed by atoms with Crippen molar-refractivity contribution in [3.8, 4) is 5.75 Å². The summed E-state index contributed by atoms with van der Waals surface area (Å²) in [6.45, 7) is 1.71. The highest BCUT2D eigenvalue weighted by atomic mass is 35.5. The maximum absolute atomic E-state index is 13.6. The number of alkyl halides is 3. The Morgan fingerprint density at radius 3 is 2.47 bits per heavy atom. The van der Waals surface area contributed by atoms with Crippen LogP contribution in [0, 0.1) is 17.2 Å². The molecule has 3 aliphatic carbocycles. The molecule has 3 saturated carbocycles. The molecule has 10 heteroatoms. The van der Waals surface area contributed by atoms with E-state index in [1.165, 1.54) is 18.2 Å². The van der Waals surface area contributed by atoms with E-state index >= 15 is 0 Å². The van der Waals surface area contributed by atoms with E-state index < -0.39 is 28.5 Å². The van der Waals surface area contributed by atoms with E-state index in [9.17, 15) is 27.2 Å². The molecule has 1 unspecified atom stereocenters. The summed E-state index contributed by atoms with van der Waals surface area (Å²) in [6, 6.07) is 8.88. The number of carbonyl (C=O) groups is 2. The quantitative estimate of drug-likeness (QED) is 0.458. The standard InChI is InChI=1S/C26H27ClF4N2O3/c1-16-13-24(33-22(34)15-36-19-5-6-20(27)21(28)12-19)7-9-25(16,10-8-24)23(35)32-14-17-3-2-4-18(11-17)26(29,30)31/h2-6,11-12,16H,7-10,13-15H2,1H3,(H,32,35)(H,33,34).